The van der Waals surface area contributed by atoms with Crippen molar-refractivity contribution in [1.29, 1.82) is 0 Å². The Labute approximate surface area is 453 Å². The molecule has 4 N–H and O–H groups in total. The Morgan fingerprint density at radius 3 is 2.22 bits per heavy atom. The second-order valence-electron chi connectivity index (χ2n) is 23.8. The van der Waals surface area contributed by atoms with Crippen LogP contribution in [0, 0.1) is 17.8 Å². The molecule has 3 fully saturated rings. The van der Waals surface area contributed by atoms with Crippen molar-refractivity contribution < 1.29 is 66.1 Å². The third-order valence-electron chi connectivity index (χ3n) is 17.1. The number of hydrazine groups is 2. The zero-order valence-electron chi connectivity index (χ0n) is 48.1. The number of sulfone groups is 1. The van der Waals surface area contributed by atoms with Crippen molar-refractivity contribution in [3.05, 3.63) is 53.4 Å². The van der Waals surface area contributed by atoms with Gasteiger partial charge in [0.05, 0.1) is 53.0 Å². The number of carbonyl (C=O) groups excluding carboxylic acids is 1. The molecule has 18 nitrogen and oxygen atoms in total. The number of likely N-dealkylation sites (N-methyl/N-ethyl adjacent to an activating group) is 1. The summed E-state index contributed by atoms with van der Waals surface area (Å²) in [6.07, 6.45) is 0.213. The standard InChI is InChI=1S/C56H94FN5O13S/c1-16-46-56(10,66)51(63)39(7)60(12)31-34(2)27-55(9,65)52(37(5)49(38(6)53(64)73-46)74-48-29-54(8,70-15)28-36(4)72-48)75-47-26-44(25-35(3)71-47)59(11)23-21-43-32-62(61(13)58-43)45(30-57)50(69-14)41-19-17-40(18-20-41)42-22-24-76(67,68)33-42/h17-20,22,32,34-39,44-52,58,63,65-66H,16,21,23-31,33H2,1-15H3/t34-,35-,36+,37+,38-,39-,44+,45-,46-,47+,48+,49?,50-,51-,52-,54+,55-,56-/m1/s1. The Morgan fingerprint density at radius 2 is 1.62 bits per heavy atom. The largest absolute Gasteiger partial charge is 0.459 e. The molecule has 1 unspecified atom stereocenters. The number of benzene rings is 1. The molecule has 6 rings (SSSR count). The van der Waals surface area contributed by atoms with Gasteiger partial charge in [-0.3, -0.25) is 9.80 Å². The van der Waals surface area contributed by atoms with Crippen molar-refractivity contribution in [1.82, 2.24) is 25.4 Å². The van der Waals surface area contributed by atoms with Gasteiger partial charge in [-0.1, -0.05) is 51.1 Å². The number of halogens is 1. The van der Waals surface area contributed by atoms with Gasteiger partial charge in [-0.2, -0.15) is 0 Å². The topological polar surface area (TPSA) is 201 Å². The second-order valence-corrected chi connectivity index (χ2v) is 25.9. The molecular weight excluding hydrogens is 1000 g/mol. The van der Waals surface area contributed by atoms with Gasteiger partial charge in [0.1, 0.15) is 36.6 Å². The number of methoxy groups -OCH3 is 2. The fraction of sp³-hybridized carbons (Fsp3) is 0.804. The molecule has 76 heavy (non-hydrogen) atoms. The van der Waals surface area contributed by atoms with Gasteiger partial charge in [0.15, 0.2) is 22.4 Å². The summed E-state index contributed by atoms with van der Waals surface area (Å²) in [6.45, 7) is 19.0. The van der Waals surface area contributed by atoms with Crippen molar-refractivity contribution in [3.63, 3.8) is 0 Å². The first-order chi connectivity index (χ1) is 35.5. The summed E-state index contributed by atoms with van der Waals surface area (Å²) in [6, 6.07) is 6.24. The predicted octanol–water partition coefficient (Wildman–Crippen LogP) is 5.77. The number of esters is 1. The number of rotatable bonds is 16. The molecule has 0 amide bonds. The van der Waals surface area contributed by atoms with E-state index in [0.29, 0.717) is 38.8 Å². The van der Waals surface area contributed by atoms with Crippen LogP contribution in [0.15, 0.2) is 42.2 Å². The molecule has 3 saturated heterocycles. The first-order valence-corrected chi connectivity index (χ1v) is 29.4. The van der Waals surface area contributed by atoms with Gasteiger partial charge in [-0.25, -0.2) is 12.8 Å². The van der Waals surface area contributed by atoms with Crippen LogP contribution in [0.2, 0.25) is 0 Å². The Balaban J connectivity index is 1.22. The van der Waals surface area contributed by atoms with E-state index < -0.39 is 106 Å². The third-order valence-corrected chi connectivity index (χ3v) is 18.5. The van der Waals surface area contributed by atoms with Crippen LogP contribution in [-0.4, -0.2) is 200 Å². The molecule has 0 aromatic heterocycles. The molecule has 434 valence electrons. The van der Waals surface area contributed by atoms with Crippen LogP contribution in [0.1, 0.15) is 131 Å². The zero-order chi connectivity index (χ0) is 56.2. The highest BCUT2D eigenvalue weighted by atomic mass is 32.2. The van der Waals surface area contributed by atoms with Crippen LogP contribution in [0.5, 0.6) is 0 Å². The minimum Gasteiger partial charge on any atom is -0.459 e. The Bertz CT molecular complexity index is 2240. The first-order valence-electron chi connectivity index (χ1n) is 27.5. The van der Waals surface area contributed by atoms with Crippen molar-refractivity contribution in [3.8, 4) is 0 Å². The van der Waals surface area contributed by atoms with Gasteiger partial charge in [0.2, 0.25) is 0 Å². The maximum atomic E-state index is 15.1. The van der Waals surface area contributed by atoms with E-state index in [-0.39, 0.29) is 48.5 Å². The normalized spacial score (nSPS) is 39.4. The summed E-state index contributed by atoms with van der Waals surface area (Å²) in [5.74, 6) is -2.33. The molecule has 0 spiro atoms. The Hall–Kier alpha value is -2.83. The van der Waals surface area contributed by atoms with Crippen LogP contribution >= 0.6 is 0 Å². The van der Waals surface area contributed by atoms with Gasteiger partial charge in [0.25, 0.3) is 0 Å². The fourth-order valence-electron chi connectivity index (χ4n) is 12.6. The number of carbonyl (C=O) groups is 1. The molecule has 5 heterocycles. The van der Waals surface area contributed by atoms with Crippen molar-refractivity contribution >= 4 is 21.4 Å². The average Bonchev–Trinajstić information content (AvgIpc) is 3.92. The van der Waals surface area contributed by atoms with Crippen LogP contribution in [0.4, 0.5) is 4.39 Å². The molecule has 0 aliphatic carbocycles. The summed E-state index contributed by atoms with van der Waals surface area (Å²) in [7, 11) is 5.87. The van der Waals surface area contributed by atoms with Gasteiger partial charge in [0, 0.05) is 89.9 Å². The van der Waals surface area contributed by atoms with E-state index in [1.54, 1.807) is 46.2 Å². The van der Waals surface area contributed by atoms with Crippen molar-refractivity contribution in [2.24, 2.45) is 17.8 Å². The second kappa shape index (κ2) is 25.7. The molecule has 20 heteroatoms. The molecule has 1 aromatic rings. The molecule has 5 aliphatic rings. The summed E-state index contributed by atoms with van der Waals surface area (Å²) in [5.41, 5.74) is 2.77. The maximum Gasteiger partial charge on any atom is 0.311 e. The highest BCUT2D eigenvalue weighted by Gasteiger charge is 2.51. The minimum atomic E-state index is -3.13. The number of nitrogens with one attached hydrogen (secondary N) is 1. The average molecular weight is 1100 g/mol. The molecular formula is C56H94FN5O13S. The summed E-state index contributed by atoms with van der Waals surface area (Å²) < 4.78 is 84.4. The van der Waals surface area contributed by atoms with E-state index in [1.165, 1.54) is 6.92 Å². The van der Waals surface area contributed by atoms with Gasteiger partial charge < -0.3 is 63.7 Å². The molecule has 5 aliphatic heterocycles. The molecule has 0 bridgehead atoms. The van der Waals surface area contributed by atoms with Gasteiger partial charge in [-0.15, -0.1) is 5.12 Å². The lowest BCUT2D eigenvalue weighted by atomic mass is 9.77. The smallest absolute Gasteiger partial charge is 0.311 e. The summed E-state index contributed by atoms with van der Waals surface area (Å²) in [5, 5.41) is 40.1. The lowest BCUT2D eigenvalue weighted by Gasteiger charge is -2.47. The molecule has 18 atom stereocenters. The molecule has 1 aromatic carbocycles. The summed E-state index contributed by atoms with van der Waals surface area (Å²) >= 11 is 0. The van der Waals surface area contributed by atoms with Crippen LogP contribution < -0.4 is 5.43 Å². The van der Waals surface area contributed by atoms with Gasteiger partial charge in [-0.05, 0) is 104 Å². The van der Waals surface area contributed by atoms with E-state index in [2.05, 4.69) is 17.4 Å². The summed E-state index contributed by atoms with van der Waals surface area (Å²) in [4.78, 5) is 18.8. The van der Waals surface area contributed by atoms with Gasteiger partial charge >= 0.3 is 5.97 Å². The highest BCUT2D eigenvalue weighted by Crippen LogP contribution is 2.41. The lowest BCUT2D eigenvalue weighted by Crippen LogP contribution is -2.59. The zero-order valence-corrected chi connectivity index (χ0v) is 48.9. The van der Waals surface area contributed by atoms with E-state index in [0.717, 1.165) is 28.8 Å². The number of aliphatic hydroxyl groups excluding tert-OH is 1. The highest BCUT2D eigenvalue weighted by molar-refractivity contribution is 7.92. The number of cyclic esters (lactones) is 1. The third kappa shape index (κ3) is 14.9. The van der Waals surface area contributed by atoms with E-state index in [9.17, 15) is 28.5 Å². The quantitative estimate of drug-likeness (QED) is 0.145. The number of alkyl halides is 1. The number of hydrogen-bond acceptors (Lipinski definition) is 18. The Kier molecular flexibility index (Phi) is 21.1. The Morgan fingerprint density at radius 1 is 0.947 bits per heavy atom. The number of nitrogens with zero attached hydrogens (tertiary/aromatic N) is 4. The lowest BCUT2D eigenvalue weighted by molar-refractivity contribution is -0.292. The van der Waals surface area contributed by atoms with E-state index >= 15 is 4.39 Å². The van der Waals surface area contributed by atoms with E-state index in [1.807, 2.05) is 96.0 Å². The maximum absolute atomic E-state index is 15.1. The minimum absolute atomic E-state index is 0.00576. The van der Waals surface area contributed by atoms with E-state index in [4.69, 9.17) is 33.2 Å². The number of hydrogen-bond donors (Lipinski definition) is 4. The number of aliphatic hydroxyl groups is 3. The van der Waals surface area contributed by atoms with Crippen LogP contribution in [-0.2, 0) is 47.8 Å². The SMILES string of the molecule is CC[C@H]1OC(=O)[C@H](C)C(O[C@H]2C[C@@](C)(OC)C[C@H](C)O2)[C@H](C)[C@@H](O[C@H]2C[C@@H](N(C)CCC3=CN([C@H](CF)[C@H](OC)c4ccc(C5=CCS(=O)(=O)C5)cc4)N(C)N3)C[C@@H](C)O2)[C@](C)(O)C[C@@H](C)CN(C)[C@H](C)[C@@H](O)[C@]1(C)O. The molecule has 0 saturated carbocycles. The van der Waals surface area contributed by atoms with Crippen LogP contribution in [0.3, 0.4) is 0 Å². The van der Waals surface area contributed by atoms with Crippen LogP contribution in [0.25, 0.3) is 5.57 Å². The van der Waals surface area contributed by atoms with Crippen molar-refractivity contribution in [2.45, 2.75) is 204 Å². The first kappa shape index (κ1) is 62.4. The fourth-order valence-corrected chi connectivity index (χ4v) is 13.9. The predicted molar refractivity (Wildman–Crippen MR) is 288 cm³/mol. The van der Waals surface area contributed by atoms with Crippen molar-refractivity contribution in [2.75, 3.05) is 66.6 Å². The molecule has 0 radical (unpaired) electrons. The monoisotopic (exact) mass is 1100 g/mol. The number of ether oxygens (including phenoxy) is 7.